The van der Waals surface area contributed by atoms with Gasteiger partial charge < -0.3 is 10.0 Å². The monoisotopic (exact) mass is 187 g/mol. The molecule has 1 N–H and O–H groups in total. The number of hydrogen-bond acceptors (Lipinski definition) is 2. The third-order valence-electron chi connectivity index (χ3n) is 2.17. The van der Waals surface area contributed by atoms with Gasteiger partial charge in [0.1, 0.15) is 0 Å². The van der Waals surface area contributed by atoms with Crippen LogP contribution in [0.25, 0.3) is 0 Å². The zero-order valence-corrected chi connectivity index (χ0v) is 8.92. The summed E-state index contributed by atoms with van der Waals surface area (Å²) in [6.45, 7) is 4.63. The fraction of sp³-hybridized carbons (Fsp3) is 0.900. The van der Waals surface area contributed by atoms with Gasteiger partial charge in [-0.15, -0.1) is 0 Å². The number of hydrogen-bond donors (Lipinski definition) is 1. The lowest BCUT2D eigenvalue weighted by atomic mass is 10.1. The number of amides is 1. The highest BCUT2D eigenvalue weighted by Crippen LogP contribution is 2.02. The Labute approximate surface area is 80.7 Å². The van der Waals surface area contributed by atoms with Crippen molar-refractivity contribution in [3.05, 3.63) is 0 Å². The van der Waals surface area contributed by atoms with Gasteiger partial charge in [-0.1, -0.05) is 26.7 Å². The fourth-order valence-electron chi connectivity index (χ4n) is 1.16. The number of aliphatic hydroxyl groups excluding tert-OH is 1. The Balaban J connectivity index is 3.69. The van der Waals surface area contributed by atoms with E-state index in [1.54, 1.807) is 18.9 Å². The van der Waals surface area contributed by atoms with E-state index in [-0.39, 0.29) is 18.4 Å². The molecule has 3 nitrogen and oxygen atoms in total. The van der Waals surface area contributed by atoms with Crippen LogP contribution in [0.4, 0.5) is 0 Å². The van der Waals surface area contributed by atoms with E-state index in [0.29, 0.717) is 0 Å². The zero-order chi connectivity index (χ0) is 10.3. The van der Waals surface area contributed by atoms with E-state index in [0.717, 1.165) is 25.8 Å². The summed E-state index contributed by atoms with van der Waals surface area (Å²) in [4.78, 5) is 13.1. The molecule has 0 saturated heterocycles. The van der Waals surface area contributed by atoms with Crippen LogP contribution in [0.2, 0.25) is 0 Å². The van der Waals surface area contributed by atoms with Gasteiger partial charge in [0.05, 0.1) is 12.5 Å². The predicted molar refractivity (Wildman–Crippen MR) is 53.4 cm³/mol. The van der Waals surface area contributed by atoms with Crippen molar-refractivity contribution in [1.82, 2.24) is 4.90 Å². The van der Waals surface area contributed by atoms with Crippen LogP contribution in [0.5, 0.6) is 0 Å². The summed E-state index contributed by atoms with van der Waals surface area (Å²) < 4.78 is 0. The average molecular weight is 187 g/mol. The normalized spacial score (nSPS) is 12.6. The van der Waals surface area contributed by atoms with Gasteiger partial charge in [-0.25, -0.2) is 0 Å². The molecule has 0 heterocycles. The van der Waals surface area contributed by atoms with Crippen molar-refractivity contribution in [2.24, 2.45) is 5.92 Å². The highest BCUT2D eigenvalue weighted by atomic mass is 16.3. The molecular weight excluding hydrogens is 166 g/mol. The molecule has 0 aromatic heterocycles. The van der Waals surface area contributed by atoms with Crippen molar-refractivity contribution >= 4 is 5.91 Å². The topological polar surface area (TPSA) is 40.5 Å². The Morgan fingerprint density at radius 1 is 1.46 bits per heavy atom. The SMILES string of the molecule is CCCCCN(C)C(=O)C(C)CO. The van der Waals surface area contributed by atoms with E-state index < -0.39 is 0 Å². The van der Waals surface area contributed by atoms with Crippen LogP contribution < -0.4 is 0 Å². The molecule has 78 valence electrons. The number of carbonyl (C=O) groups is 1. The van der Waals surface area contributed by atoms with Gasteiger partial charge in [-0.05, 0) is 6.42 Å². The van der Waals surface area contributed by atoms with Crippen LogP contribution in [-0.4, -0.2) is 36.1 Å². The van der Waals surface area contributed by atoms with Crippen molar-refractivity contribution in [2.45, 2.75) is 33.1 Å². The van der Waals surface area contributed by atoms with Crippen LogP contribution in [0.1, 0.15) is 33.1 Å². The van der Waals surface area contributed by atoms with Crippen LogP contribution in [0.15, 0.2) is 0 Å². The zero-order valence-electron chi connectivity index (χ0n) is 8.92. The molecule has 0 rings (SSSR count). The van der Waals surface area contributed by atoms with E-state index in [2.05, 4.69) is 6.92 Å². The molecule has 0 aliphatic heterocycles. The van der Waals surface area contributed by atoms with E-state index in [4.69, 9.17) is 5.11 Å². The minimum absolute atomic E-state index is 0.0404. The maximum Gasteiger partial charge on any atom is 0.227 e. The first-order chi connectivity index (χ1) is 6.13. The molecule has 0 spiro atoms. The third kappa shape index (κ3) is 4.88. The van der Waals surface area contributed by atoms with Crippen LogP contribution >= 0.6 is 0 Å². The van der Waals surface area contributed by atoms with Gasteiger partial charge >= 0.3 is 0 Å². The first-order valence-electron chi connectivity index (χ1n) is 4.99. The molecule has 1 unspecified atom stereocenters. The maximum atomic E-state index is 11.4. The summed E-state index contributed by atoms with van der Waals surface area (Å²) in [5, 5.41) is 8.78. The smallest absolute Gasteiger partial charge is 0.227 e. The van der Waals surface area contributed by atoms with Crippen molar-refractivity contribution in [1.29, 1.82) is 0 Å². The van der Waals surface area contributed by atoms with Crippen LogP contribution in [-0.2, 0) is 4.79 Å². The quantitative estimate of drug-likeness (QED) is 0.636. The Bertz CT molecular complexity index is 148. The van der Waals surface area contributed by atoms with Crippen molar-refractivity contribution in [3.63, 3.8) is 0 Å². The molecule has 0 aliphatic carbocycles. The van der Waals surface area contributed by atoms with Gasteiger partial charge in [-0.3, -0.25) is 4.79 Å². The first kappa shape index (κ1) is 12.4. The average Bonchev–Trinajstić information content (AvgIpc) is 2.15. The molecule has 0 aromatic rings. The first-order valence-corrected chi connectivity index (χ1v) is 4.99. The molecule has 0 radical (unpaired) electrons. The second kappa shape index (κ2) is 6.89. The Morgan fingerprint density at radius 2 is 2.08 bits per heavy atom. The number of aliphatic hydroxyl groups is 1. The maximum absolute atomic E-state index is 11.4. The van der Waals surface area contributed by atoms with Crippen LogP contribution in [0.3, 0.4) is 0 Å². The van der Waals surface area contributed by atoms with Crippen molar-refractivity contribution < 1.29 is 9.90 Å². The van der Waals surface area contributed by atoms with E-state index in [9.17, 15) is 4.79 Å². The summed E-state index contributed by atoms with van der Waals surface area (Å²) in [5.41, 5.74) is 0. The molecule has 13 heavy (non-hydrogen) atoms. The lowest BCUT2D eigenvalue weighted by Crippen LogP contribution is -2.33. The van der Waals surface area contributed by atoms with Gasteiger partial charge in [0, 0.05) is 13.6 Å². The van der Waals surface area contributed by atoms with Gasteiger partial charge in [0.15, 0.2) is 0 Å². The van der Waals surface area contributed by atoms with Crippen LogP contribution in [0, 0.1) is 5.92 Å². The Kier molecular flexibility index (Phi) is 6.59. The molecule has 1 atom stereocenters. The summed E-state index contributed by atoms with van der Waals surface area (Å²) >= 11 is 0. The lowest BCUT2D eigenvalue weighted by Gasteiger charge is -2.19. The molecule has 3 heteroatoms. The minimum atomic E-state index is -0.258. The largest absolute Gasteiger partial charge is 0.396 e. The molecule has 0 aromatic carbocycles. The summed E-state index contributed by atoms with van der Waals surface area (Å²) in [7, 11) is 1.80. The summed E-state index contributed by atoms with van der Waals surface area (Å²) in [6.07, 6.45) is 3.37. The molecule has 1 amide bonds. The second-order valence-electron chi connectivity index (χ2n) is 3.55. The van der Waals surface area contributed by atoms with E-state index >= 15 is 0 Å². The molecular formula is C10H21NO2. The lowest BCUT2D eigenvalue weighted by molar-refractivity contribution is -0.134. The van der Waals surface area contributed by atoms with Gasteiger partial charge in [0.2, 0.25) is 5.91 Å². The van der Waals surface area contributed by atoms with Crippen molar-refractivity contribution in [3.8, 4) is 0 Å². The standard InChI is InChI=1S/C10H21NO2/c1-4-5-6-7-11(3)10(13)9(2)8-12/h9,12H,4-8H2,1-3H3. The number of unbranched alkanes of at least 4 members (excludes halogenated alkanes) is 2. The minimum Gasteiger partial charge on any atom is -0.396 e. The fourth-order valence-corrected chi connectivity index (χ4v) is 1.16. The Hall–Kier alpha value is -0.570. The van der Waals surface area contributed by atoms with Crippen molar-refractivity contribution in [2.75, 3.05) is 20.2 Å². The second-order valence-corrected chi connectivity index (χ2v) is 3.55. The van der Waals surface area contributed by atoms with Gasteiger partial charge in [-0.2, -0.15) is 0 Å². The molecule has 0 aliphatic rings. The van der Waals surface area contributed by atoms with E-state index in [1.807, 2.05) is 0 Å². The Morgan fingerprint density at radius 3 is 2.54 bits per heavy atom. The molecule has 0 saturated carbocycles. The number of nitrogens with zero attached hydrogens (tertiary/aromatic N) is 1. The van der Waals surface area contributed by atoms with E-state index in [1.165, 1.54) is 0 Å². The molecule has 0 fully saturated rings. The summed E-state index contributed by atoms with van der Waals surface area (Å²) in [6, 6.07) is 0. The highest BCUT2D eigenvalue weighted by Gasteiger charge is 2.15. The number of carbonyl (C=O) groups excluding carboxylic acids is 1. The highest BCUT2D eigenvalue weighted by molar-refractivity contribution is 5.78. The predicted octanol–water partition coefficient (Wildman–Crippen LogP) is 1.26. The number of rotatable bonds is 6. The van der Waals surface area contributed by atoms with Gasteiger partial charge in [0.25, 0.3) is 0 Å². The third-order valence-corrected chi connectivity index (χ3v) is 2.17. The molecule has 0 bridgehead atoms. The summed E-state index contributed by atoms with van der Waals surface area (Å²) in [5.74, 6) is -0.217.